The molecule has 1 aliphatic heterocycles. The van der Waals surface area contributed by atoms with E-state index in [-0.39, 0.29) is 0 Å². The minimum Gasteiger partial charge on any atom is -0.387 e. The Kier molecular flexibility index (Phi) is 4.80. The average molecular weight is 297 g/mol. The van der Waals surface area contributed by atoms with Crippen LogP contribution in [0.4, 0.5) is 0 Å². The number of aryl methyl sites for hydroxylation is 1. The molecule has 3 rings (SSSR count). The van der Waals surface area contributed by atoms with Crippen LogP contribution in [0.25, 0.3) is 11.4 Å². The molecular weight excluding hydrogens is 274 g/mol. The van der Waals surface area contributed by atoms with Crippen molar-refractivity contribution in [2.75, 3.05) is 19.6 Å². The molecule has 22 heavy (non-hydrogen) atoms. The van der Waals surface area contributed by atoms with E-state index in [1.165, 1.54) is 19.3 Å². The highest BCUT2D eigenvalue weighted by Crippen LogP contribution is 2.21. The number of piperidine rings is 1. The molecule has 1 fully saturated rings. The molecule has 1 aliphatic rings. The third-order valence-electron chi connectivity index (χ3n) is 4.29. The Morgan fingerprint density at radius 3 is 2.55 bits per heavy atom. The summed E-state index contributed by atoms with van der Waals surface area (Å²) in [7, 11) is 0. The van der Waals surface area contributed by atoms with Crippen LogP contribution in [0.15, 0.2) is 36.5 Å². The number of aliphatic hydroxyl groups is 1. The van der Waals surface area contributed by atoms with Crippen molar-refractivity contribution in [3.05, 3.63) is 47.8 Å². The number of aliphatic hydroxyl groups excluding tert-OH is 1. The van der Waals surface area contributed by atoms with Gasteiger partial charge >= 0.3 is 0 Å². The molecule has 1 saturated heterocycles. The Morgan fingerprint density at radius 1 is 1.14 bits per heavy atom. The van der Waals surface area contributed by atoms with Crippen LogP contribution in [-0.4, -0.2) is 39.6 Å². The first-order chi connectivity index (χ1) is 10.7. The van der Waals surface area contributed by atoms with E-state index in [1.54, 1.807) is 6.20 Å². The maximum Gasteiger partial charge on any atom is 0.159 e. The van der Waals surface area contributed by atoms with Gasteiger partial charge in [-0.15, -0.1) is 0 Å². The Morgan fingerprint density at radius 2 is 1.86 bits per heavy atom. The van der Waals surface area contributed by atoms with Gasteiger partial charge in [0.05, 0.1) is 6.10 Å². The van der Waals surface area contributed by atoms with Crippen molar-refractivity contribution in [1.29, 1.82) is 0 Å². The third kappa shape index (κ3) is 3.51. The molecule has 0 unspecified atom stereocenters. The number of nitrogens with zero attached hydrogens (tertiary/aromatic N) is 3. The van der Waals surface area contributed by atoms with Gasteiger partial charge in [0.2, 0.25) is 0 Å². The van der Waals surface area contributed by atoms with Gasteiger partial charge in [-0.2, -0.15) is 0 Å². The highest BCUT2D eigenvalue weighted by atomic mass is 16.3. The Balaban J connectivity index is 1.74. The monoisotopic (exact) mass is 297 g/mol. The zero-order valence-electron chi connectivity index (χ0n) is 13.1. The van der Waals surface area contributed by atoms with Crippen molar-refractivity contribution in [2.24, 2.45) is 0 Å². The second-order valence-corrected chi connectivity index (χ2v) is 5.98. The van der Waals surface area contributed by atoms with Gasteiger partial charge in [0.1, 0.15) is 0 Å². The Bertz CT molecular complexity index is 609. The van der Waals surface area contributed by atoms with E-state index >= 15 is 0 Å². The molecule has 0 amide bonds. The average Bonchev–Trinajstić information content (AvgIpc) is 2.56. The molecule has 1 N–H and O–H groups in total. The number of benzene rings is 1. The molecule has 1 aromatic heterocycles. The van der Waals surface area contributed by atoms with Crippen LogP contribution in [0.2, 0.25) is 0 Å². The summed E-state index contributed by atoms with van der Waals surface area (Å²) >= 11 is 0. The fourth-order valence-electron chi connectivity index (χ4n) is 3.01. The predicted octanol–water partition coefficient (Wildman–Crippen LogP) is 2.97. The van der Waals surface area contributed by atoms with Gasteiger partial charge < -0.3 is 10.0 Å². The summed E-state index contributed by atoms with van der Waals surface area (Å²) < 4.78 is 0. The van der Waals surface area contributed by atoms with Crippen LogP contribution >= 0.6 is 0 Å². The first kappa shape index (κ1) is 15.1. The molecule has 0 saturated carbocycles. The van der Waals surface area contributed by atoms with E-state index in [1.807, 2.05) is 37.3 Å². The van der Waals surface area contributed by atoms with E-state index in [2.05, 4.69) is 14.9 Å². The molecule has 116 valence electrons. The molecule has 0 radical (unpaired) electrons. The number of hydrogen-bond donors (Lipinski definition) is 1. The van der Waals surface area contributed by atoms with Crippen molar-refractivity contribution >= 4 is 0 Å². The van der Waals surface area contributed by atoms with Crippen LogP contribution in [0, 0.1) is 6.92 Å². The molecule has 2 aromatic rings. The zero-order valence-corrected chi connectivity index (χ0v) is 13.1. The number of β-amino-alcohol motifs (C(OH)–C–C–N with tert-alkyl or cyclic N) is 1. The third-order valence-corrected chi connectivity index (χ3v) is 4.29. The van der Waals surface area contributed by atoms with Gasteiger partial charge in [-0.05, 0) is 32.9 Å². The van der Waals surface area contributed by atoms with E-state index in [4.69, 9.17) is 0 Å². The van der Waals surface area contributed by atoms with Crippen LogP contribution < -0.4 is 0 Å². The molecule has 2 heterocycles. The van der Waals surface area contributed by atoms with E-state index in [0.717, 1.165) is 29.9 Å². The maximum atomic E-state index is 10.5. The Hall–Kier alpha value is -1.78. The smallest absolute Gasteiger partial charge is 0.159 e. The molecule has 4 heteroatoms. The van der Waals surface area contributed by atoms with Crippen LogP contribution in [0.5, 0.6) is 0 Å². The normalized spacial score (nSPS) is 17.4. The second kappa shape index (κ2) is 6.99. The van der Waals surface area contributed by atoms with Crippen molar-refractivity contribution in [3.8, 4) is 11.4 Å². The topological polar surface area (TPSA) is 49.3 Å². The van der Waals surface area contributed by atoms with Crippen molar-refractivity contribution in [3.63, 3.8) is 0 Å². The molecule has 0 bridgehead atoms. The van der Waals surface area contributed by atoms with Crippen LogP contribution in [-0.2, 0) is 0 Å². The summed E-state index contributed by atoms with van der Waals surface area (Å²) in [4.78, 5) is 11.3. The lowest BCUT2D eigenvalue weighted by atomic mass is 10.1. The largest absolute Gasteiger partial charge is 0.387 e. The minimum absolute atomic E-state index is 0.511. The summed E-state index contributed by atoms with van der Waals surface area (Å²) in [6, 6.07) is 9.94. The molecule has 1 atom stereocenters. The zero-order chi connectivity index (χ0) is 15.4. The van der Waals surface area contributed by atoms with Crippen LogP contribution in [0.3, 0.4) is 0 Å². The summed E-state index contributed by atoms with van der Waals surface area (Å²) in [5, 5.41) is 10.5. The fraction of sp³-hybridized carbons (Fsp3) is 0.444. The van der Waals surface area contributed by atoms with Gasteiger partial charge in [0.15, 0.2) is 5.82 Å². The van der Waals surface area contributed by atoms with Gasteiger partial charge in [-0.1, -0.05) is 36.8 Å². The highest BCUT2D eigenvalue weighted by molar-refractivity contribution is 5.54. The number of likely N-dealkylation sites (tertiary alicyclic amines) is 1. The van der Waals surface area contributed by atoms with E-state index < -0.39 is 6.10 Å². The molecule has 1 aromatic carbocycles. The maximum absolute atomic E-state index is 10.5. The quantitative estimate of drug-likeness (QED) is 0.942. The standard InChI is InChI=1S/C18H23N3O/c1-14-16(17(22)13-21-10-6-3-7-11-21)12-19-18(20-14)15-8-4-2-5-9-15/h2,4-5,8-9,12,17,22H,3,6-7,10-11,13H2,1H3/t17-/m0/s1. The second-order valence-electron chi connectivity index (χ2n) is 5.98. The number of hydrogen-bond acceptors (Lipinski definition) is 4. The summed E-state index contributed by atoms with van der Waals surface area (Å²) in [6.45, 7) is 4.79. The van der Waals surface area contributed by atoms with E-state index in [0.29, 0.717) is 12.4 Å². The molecule has 4 nitrogen and oxygen atoms in total. The summed E-state index contributed by atoms with van der Waals surface area (Å²) in [6.07, 6.45) is 5.03. The van der Waals surface area contributed by atoms with Gasteiger partial charge in [0.25, 0.3) is 0 Å². The van der Waals surface area contributed by atoms with Crippen molar-refractivity contribution in [2.45, 2.75) is 32.3 Å². The van der Waals surface area contributed by atoms with Gasteiger partial charge in [0, 0.05) is 29.6 Å². The highest BCUT2D eigenvalue weighted by Gasteiger charge is 2.18. The molecule has 0 aliphatic carbocycles. The van der Waals surface area contributed by atoms with Crippen molar-refractivity contribution in [1.82, 2.24) is 14.9 Å². The Labute approximate surface area is 131 Å². The fourth-order valence-corrected chi connectivity index (χ4v) is 3.01. The van der Waals surface area contributed by atoms with E-state index in [9.17, 15) is 5.11 Å². The van der Waals surface area contributed by atoms with Crippen molar-refractivity contribution < 1.29 is 5.11 Å². The number of rotatable bonds is 4. The molecule has 0 spiro atoms. The number of aromatic nitrogens is 2. The lowest BCUT2D eigenvalue weighted by Crippen LogP contribution is -2.33. The lowest BCUT2D eigenvalue weighted by Gasteiger charge is -2.28. The van der Waals surface area contributed by atoms with Crippen LogP contribution in [0.1, 0.15) is 36.6 Å². The lowest BCUT2D eigenvalue weighted by molar-refractivity contribution is 0.100. The molecular formula is C18H23N3O. The van der Waals surface area contributed by atoms with Gasteiger partial charge in [-0.3, -0.25) is 0 Å². The summed E-state index contributed by atoms with van der Waals surface area (Å²) in [5.41, 5.74) is 2.70. The SMILES string of the molecule is Cc1nc(-c2ccccc2)ncc1[C@@H](O)CN1CCCCC1. The first-order valence-electron chi connectivity index (χ1n) is 8.03. The van der Waals surface area contributed by atoms with Gasteiger partial charge in [-0.25, -0.2) is 9.97 Å². The minimum atomic E-state index is -0.511. The first-order valence-corrected chi connectivity index (χ1v) is 8.03. The summed E-state index contributed by atoms with van der Waals surface area (Å²) in [5.74, 6) is 0.715. The predicted molar refractivity (Wildman–Crippen MR) is 87.5 cm³/mol.